The average molecular weight is 488 g/mol. The molecule has 1 heterocycles. The first-order valence-electron chi connectivity index (χ1n) is 11.2. The summed E-state index contributed by atoms with van der Waals surface area (Å²) in [7, 11) is -3.29. The minimum Gasteiger partial charge on any atom is -0.356 e. The number of carbonyl (C=O) groups excluding carboxylic acids is 1. The van der Waals surface area contributed by atoms with E-state index in [1.54, 1.807) is 42.6 Å². The molecule has 182 valence electrons. The van der Waals surface area contributed by atoms with Crippen LogP contribution in [0.15, 0.2) is 59.3 Å². The first-order chi connectivity index (χ1) is 16.1. The molecule has 0 spiro atoms. The quantitative estimate of drug-likeness (QED) is 0.306. The van der Waals surface area contributed by atoms with Gasteiger partial charge in [-0.1, -0.05) is 17.3 Å². The van der Waals surface area contributed by atoms with E-state index in [4.69, 9.17) is 13.6 Å². The smallest absolute Gasteiger partial charge is 0.335 e. The van der Waals surface area contributed by atoms with Gasteiger partial charge in [0.1, 0.15) is 5.82 Å². The Morgan fingerprint density at radius 2 is 1.65 bits per heavy atom. The van der Waals surface area contributed by atoms with E-state index in [9.17, 15) is 13.8 Å². The molecule has 0 saturated carbocycles. The van der Waals surface area contributed by atoms with Crippen molar-refractivity contribution in [2.24, 2.45) is 0 Å². The fourth-order valence-corrected chi connectivity index (χ4v) is 5.55. The molecule has 0 saturated heterocycles. The van der Waals surface area contributed by atoms with E-state index in [0.29, 0.717) is 23.4 Å². The number of carbonyl (C=O) groups is 1. The first kappa shape index (κ1) is 25.8. The molecule has 0 aliphatic heterocycles. The highest BCUT2D eigenvalue weighted by Crippen LogP contribution is 2.53. The van der Waals surface area contributed by atoms with Crippen LogP contribution in [-0.2, 0) is 31.0 Å². The van der Waals surface area contributed by atoms with Crippen LogP contribution < -0.4 is 5.32 Å². The minimum absolute atomic E-state index is 0.150. The molecule has 7 nitrogen and oxygen atoms in total. The van der Waals surface area contributed by atoms with Gasteiger partial charge in [-0.15, -0.1) is 0 Å². The van der Waals surface area contributed by atoms with Crippen molar-refractivity contribution >= 4 is 19.2 Å². The molecule has 1 N–H and O–H groups in total. The van der Waals surface area contributed by atoms with Gasteiger partial charge in [-0.05, 0) is 76.1 Å². The van der Waals surface area contributed by atoms with Crippen molar-refractivity contribution in [1.82, 2.24) is 5.16 Å². The van der Waals surface area contributed by atoms with Crippen molar-refractivity contribution in [2.45, 2.75) is 58.9 Å². The van der Waals surface area contributed by atoms with Crippen molar-refractivity contribution in [3.63, 3.8) is 0 Å². The molecule has 9 heteroatoms. The summed E-state index contributed by atoms with van der Waals surface area (Å²) in [4.78, 5) is 12.5. The van der Waals surface area contributed by atoms with Crippen LogP contribution >= 0.6 is 7.60 Å². The van der Waals surface area contributed by atoms with Gasteiger partial charge in [-0.25, -0.2) is 4.39 Å². The van der Waals surface area contributed by atoms with Gasteiger partial charge in [-0.2, -0.15) is 0 Å². The number of nitrogens with zero attached hydrogens (tertiary/aromatic N) is 1. The second kappa shape index (κ2) is 11.6. The van der Waals surface area contributed by atoms with Crippen LogP contribution in [0.25, 0.3) is 11.3 Å². The maximum atomic E-state index is 13.2. The Hall–Kier alpha value is -2.80. The number of hydrogen-bond donors (Lipinski definition) is 1. The summed E-state index contributed by atoms with van der Waals surface area (Å²) in [6, 6.07) is 13.0. The number of halogens is 1. The molecule has 0 aliphatic carbocycles. The van der Waals surface area contributed by atoms with Gasteiger partial charge in [0.25, 0.3) is 0 Å². The van der Waals surface area contributed by atoms with Gasteiger partial charge in [0, 0.05) is 23.2 Å². The third kappa shape index (κ3) is 7.62. The predicted molar refractivity (Wildman–Crippen MR) is 129 cm³/mol. The Morgan fingerprint density at radius 1 is 1.03 bits per heavy atom. The van der Waals surface area contributed by atoms with Crippen molar-refractivity contribution < 1.29 is 27.3 Å². The van der Waals surface area contributed by atoms with E-state index in [1.165, 1.54) is 12.1 Å². The Balaban J connectivity index is 1.57. The number of rotatable bonds is 11. The van der Waals surface area contributed by atoms with Crippen LogP contribution in [0.4, 0.5) is 10.1 Å². The van der Waals surface area contributed by atoms with Gasteiger partial charge in [0.15, 0.2) is 5.76 Å². The van der Waals surface area contributed by atoms with E-state index >= 15 is 0 Å². The van der Waals surface area contributed by atoms with Crippen LogP contribution in [-0.4, -0.2) is 23.3 Å². The summed E-state index contributed by atoms with van der Waals surface area (Å²) in [5.41, 5.74) is 2.88. The molecule has 0 aliphatic rings. The standard InChI is InChI=1S/C25H30FN2O5P/c1-17(2)32-34(30,33-18(3)4)16-19-5-12-23(13-6-19)28-24(29)14-9-21-15-27-31-25(21)20-7-10-22(26)11-8-20/h5-8,10-13,15,17-18H,9,14,16H2,1-4H3,(H,28,29). The normalized spacial score (nSPS) is 11.9. The number of aryl methyl sites for hydroxylation is 1. The maximum Gasteiger partial charge on any atom is 0.335 e. The molecule has 0 bridgehead atoms. The van der Waals surface area contributed by atoms with E-state index in [1.807, 2.05) is 27.7 Å². The fourth-order valence-electron chi connectivity index (χ4n) is 3.41. The molecule has 3 rings (SSSR count). The summed E-state index contributed by atoms with van der Waals surface area (Å²) in [6.07, 6.45) is 1.91. The molecule has 0 unspecified atom stereocenters. The largest absolute Gasteiger partial charge is 0.356 e. The van der Waals surface area contributed by atoms with Crippen molar-refractivity contribution in [3.05, 3.63) is 71.7 Å². The number of nitrogens with one attached hydrogen (secondary N) is 1. The summed E-state index contributed by atoms with van der Waals surface area (Å²) in [5.74, 6) is 0.0164. The summed E-state index contributed by atoms with van der Waals surface area (Å²) >= 11 is 0. The molecule has 34 heavy (non-hydrogen) atoms. The van der Waals surface area contributed by atoms with Crippen LogP contribution in [0.2, 0.25) is 0 Å². The highest BCUT2D eigenvalue weighted by Gasteiger charge is 2.28. The van der Waals surface area contributed by atoms with Crippen LogP contribution in [0.3, 0.4) is 0 Å². The predicted octanol–water partition coefficient (Wildman–Crippen LogP) is 6.60. The zero-order chi connectivity index (χ0) is 24.7. The Kier molecular flexibility index (Phi) is 8.78. The maximum absolute atomic E-state index is 13.2. The van der Waals surface area contributed by atoms with E-state index < -0.39 is 7.60 Å². The van der Waals surface area contributed by atoms with Crippen LogP contribution in [0.1, 0.15) is 45.2 Å². The van der Waals surface area contributed by atoms with Gasteiger partial charge >= 0.3 is 7.60 Å². The lowest BCUT2D eigenvalue weighted by Crippen LogP contribution is -2.12. The molecule has 1 amide bonds. The van der Waals surface area contributed by atoms with Crippen molar-refractivity contribution in [1.29, 1.82) is 0 Å². The lowest BCUT2D eigenvalue weighted by atomic mass is 10.1. The van der Waals surface area contributed by atoms with Crippen molar-refractivity contribution in [2.75, 3.05) is 5.32 Å². The number of hydrogen-bond acceptors (Lipinski definition) is 6. The third-order valence-electron chi connectivity index (χ3n) is 4.73. The molecule has 0 fully saturated rings. The minimum atomic E-state index is -3.29. The highest BCUT2D eigenvalue weighted by molar-refractivity contribution is 7.53. The number of anilines is 1. The zero-order valence-electron chi connectivity index (χ0n) is 19.8. The molecular weight excluding hydrogens is 458 g/mol. The topological polar surface area (TPSA) is 90.7 Å². The van der Waals surface area contributed by atoms with Gasteiger partial charge in [-0.3, -0.25) is 9.36 Å². The second-order valence-corrected chi connectivity index (χ2v) is 10.5. The summed E-state index contributed by atoms with van der Waals surface area (Å²) < 4.78 is 42.7. The van der Waals surface area contributed by atoms with Gasteiger partial charge in [0.05, 0.1) is 24.6 Å². The Bertz CT molecular complexity index is 1110. The highest BCUT2D eigenvalue weighted by atomic mass is 31.2. The summed E-state index contributed by atoms with van der Waals surface area (Å²) in [6.45, 7) is 7.27. The van der Waals surface area contributed by atoms with Gasteiger partial charge in [0.2, 0.25) is 5.91 Å². The molecule has 2 aromatic carbocycles. The molecule has 0 radical (unpaired) electrons. The zero-order valence-corrected chi connectivity index (χ0v) is 20.7. The summed E-state index contributed by atoms with van der Waals surface area (Å²) in [5, 5.41) is 6.67. The average Bonchev–Trinajstić information content (AvgIpc) is 3.21. The number of amides is 1. The van der Waals surface area contributed by atoms with E-state index in [2.05, 4.69) is 10.5 Å². The Labute approximate surface area is 199 Å². The van der Waals surface area contributed by atoms with Crippen molar-refractivity contribution in [3.8, 4) is 11.3 Å². The van der Waals surface area contributed by atoms with Crippen LogP contribution in [0, 0.1) is 5.82 Å². The van der Waals surface area contributed by atoms with E-state index in [0.717, 1.165) is 11.1 Å². The first-order valence-corrected chi connectivity index (χ1v) is 12.9. The lowest BCUT2D eigenvalue weighted by molar-refractivity contribution is -0.116. The molecular formula is C25H30FN2O5P. The van der Waals surface area contributed by atoms with Crippen LogP contribution in [0.5, 0.6) is 0 Å². The van der Waals surface area contributed by atoms with E-state index in [-0.39, 0.29) is 36.5 Å². The number of benzene rings is 2. The third-order valence-corrected chi connectivity index (χ3v) is 6.97. The fraction of sp³-hybridized carbons (Fsp3) is 0.360. The molecule has 1 aromatic heterocycles. The van der Waals surface area contributed by atoms with Gasteiger partial charge < -0.3 is 18.9 Å². The monoisotopic (exact) mass is 488 g/mol. The molecule has 0 atom stereocenters. The lowest BCUT2D eigenvalue weighted by Gasteiger charge is -2.23. The SMILES string of the molecule is CC(C)OP(=O)(Cc1ccc(NC(=O)CCc2cnoc2-c2ccc(F)cc2)cc1)OC(C)C. The number of aromatic nitrogens is 1. The molecule has 3 aromatic rings. The Morgan fingerprint density at radius 3 is 2.24 bits per heavy atom. The second-order valence-electron chi connectivity index (χ2n) is 8.51.